The number of halogens is 1. The molecule has 5 heteroatoms. The number of thiophene rings is 1. The summed E-state index contributed by atoms with van der Waals surface area (Å²) in [6.45, 7) is 4.44. The van der Waals surface area contributed by atoms with Crippen LogP contribution in [0.2, 0.25) is 0 Å². The molecule has 0 aliphatic carbocycles. The normalized spacial score (nSPS) is 12.5. The van der Waals surface area contributed by atoms with Crippen molar-refractivity contribution in [3.63, 3.8) is 0 Å². The zero-order valence-electron chi connectivity index (χ0n) is 9.67. The summed E-state index contributed by atoms with van der Waals surface area (Å²) in [5.74, 6) is -0.164. The average Bonchev–Trinajstić information content (AvgIpc) is 2.57. The van der Waals surface area contributed by atoms with E-state index in [0.29, 0.717) is 13.0 Å². The highest BCUT2D eigenvalue weighted by Gasteiger charge is 2.17. The van der Waals surface area contributed by atoms with Crippen molar-refractivity contribution in [1.29, 1.82) is 0 Å². The summed E-state index contributed by atoms with van der Waals surface area (Å²) in [7, 11) is 1.59. The van der Waals surface area contributed by atoms with Gasteiger partial charge in [0, 0.05) is 18.6 Å². The van der Waals surface area contributed by atoms with Crippen LogP contribution in [-0.2, 0) is 9.53 Å². The largest absolute Gasteiger partial charge is 0.385 e. The van der Waals surface area contributed by atoms with Crippen molar-refractivity contribution >= 4 is 34.5 Å². The summed E-state index contributed by atoms with van der Waals surface area (Å²) >= 11 is 7.56. The Morgan fingerprint density at radius 2 is 2.31 bits per heavy atom. The summed E-state index contributed by atoms with van der Waals surface area (Å²) in [6, 6.07) is 0. The Kier molecular flexibility index (Phi) is 5.25. The Morgan fingerprint density at radius 1 is 1.62 bits per heavy atom. The van der Waals surface area contributed by atoms with Crippen LogP contribution >= 0.6 is 22.9 Å². The molecule has 0 fully saturated rings. The second-order valence-corrected chi connectivity index (χ2v) is 5.20. The lowest BCUT2D eigenvalue weighted by molar-refractivity contribution is -0.116. The number of amides is 1. The molecule has 1 amide bonds. The zero-order valence-corrected chi connectivity index (χ0v) is 11.2. The minimum atomic E-state index is -0.543. The number of alkyl halides is 1. The second-order valence-electron chi connectivity index (χ2n) is 3.59. The fourth-order valence-electron chi connectivity index (χ4n) is 1.31. The van der Waals surface area contributed by atoms with Crippen LogP contribution in [0, 0.1) is 13.8 Å². The smallest absolute Gasteiger partial charge is 0.242 e. The number of ether oxygens (including phenoxy) is 1. The van der Waals surface area contributed by atoms with Gasteiger partial charge in [-0.05, 0) is 31.2 Å². The predicted molar refractivity (Wildman–Crippen MR) is 68.6 cm³/mol. The Morgan fingerprint density at radius 3 is 2.81 bits per heavy atom. The lowest BCUT2D eigenvalue weighted by Crippen LogP contribution is -2.24. The van der Waals surface area contributed by atoms with Gasteiger partial charge < -0.3 is 10.1 Å². The van der Waals surface area contributed by atoms with Crippen LogP contribution in [-0.4, -0.2) is 25.0 Å². The third kappa shape index (κ3) is 3.47. The molecule has 1 aromatic heterocycles. The van der Waals surface area contributed by atoms with E-state index in [4.69, 9.17) is 16.3 Å². The fourth-order valence-corrected chi connectivity index (χ4v) is 2.26. The maximum absolute atomic E-state index is 11.7. The minimum absolute atomic E-state index is 0.164. The van der Waals surface area contributed by atoms with Gasteiger partial charge >= 0.3 is 0 Å². The van der Waals surface area contributed by atoms with Crippen molar-refractivity contribution in [2.24, 2.45) is 0 Å². The van der Waals surface area contributed by atoms with Gasteiger partial charge in [-0.25, -0.2) is 0 Å². The number of nitrogens with one attached hydrogen (secondary N) is 1. The van der Waals surface area contributed by atoms with E-state index in [1.54, 1.807) is 18.4 Å². The third-order valence-electron chi connectivity index (χ3n) is 2.27. The quantitative estimate of drug-likeness (QED) is 0.828. The molecule has 1 atom stereocenters. The first kappa shape index (κ1) is 13.5. The third-order valence-corrected chi connectivity index (χ3v) is 3.71. The van der Waals surface area contributed by atoms with Crippen LogP contribution in [0.1, 0.15) is 16.9 Å². The summed E-state index contributed by atoms with van der Waals surface area (Å²) in [4.78, 5) is 12.8. The number of hydrogen-bond acceptors (Lipinski definition) is 3. The van der Waals surface area contributed by atoms with E-state index < -0.39 is 5.38 Å². The zero-order chi connectivity index (χ0) is 12.1. The first-order chi connectivity index (χ1) is 7.56. The molecule has 90 valence electrons. The van der Waals surface area contributed by atoms with Gasteiger partial charge in [0.1, 0.15) is 5.38 Å². The molecule has 0 spiro atoms. The molecule has 0 aliphatic rings. The number of aryl methyl sites for hydroxylation is 2. The SMILES string of the molecule is COCCC(Cl)C(=O)Nc1c(C)csc1C. The van der Waals surface area contributed by atoms with Gasteiger partial charge in [0.25, 0.3) is 0 Å². The Hall–Kier alpha value is -0.580. The molecular weight excluding hydrogens is 246 g/mol. The van der Waals surface area contributed by atoms with Crippen LogP contribution in [0.5, 0.6) is 0 Å². The number of hydrogen-bond donors (Lipinski definition) is 1. The maximum atomic E-state index is 11.7. The van der Waals surface area contributed by atoms with Gasteiger partial charge in [-0.2, -0.15) is 0 Å². The molecule has 0 radical (unpaired) electrons. The highest BCUT2D eigenvalue weighted by molar-refractivity contribution is 7.10. The molecule has 1 aromatic rings. The molecular formula is C11H16ClNO2S. The van der Waals surface area contributed by atoms with Gasteiger partial charge in [0.05, 0.1) is 5.69 Å². The Labute approximate surface area is 105 Å². The number of methoxy groups -OCH3 is 1. The van der Waals surface area contributed by atoms with Crippen LogP contribution in [0.4, 0.5) is 5.69 Å². The maximum Gasteiger partial charge on any atom is 0.242 e. The molecule has 1 heterocycles. The second kappa shape index (κ2) is 6.23. The number of carbonyl (C=O) groups excluding carboxylic acids is 1. The first-order valence-corrected chi connectivity index (χ1v) is 6.36. The summed E-state index contributed by atoms with van der Waals surface area (Å²) in [5, 5.41) is 4.33. The topological polar surface area (TPSA) is 38.3 Å². The monoisotopic (exact) mass is 261 g/mol. The van der Waals surface area contributed by atoms with Gasteiger partial charge in [0.15, 0.2) is 0 Å². The molecule has 0 saturated heterocycles. The van der Waals surface area contributed by atoms with Crippen molar-refractivity contribution in [2.45, 2.75) is 25.6 Å². The first-order valence-electron chi connectivity index (χ1n) is 5.04. The van der Waals surface area contributed by atoms with Gasteiger partial charge in [-0.3, -0.25) is 4.79 Å². The van der Waals surface area contributed by atoms with E-state index >= 15 is 0 Å². The highest BCUT2D eigenvalue weighted by Crippen LogP contribution is 2.26. The molecule has 0 bridgehead atoms. The molecule has 3 nitrogen and oxygen atoms in total. The fraction of sp³-hybridized carbons (Fsp3) is 0.545. The summed E-state index contributed by atoms with van der Waals surface area (Å²) in [6.07, 6.45) is 0.520. The number of rotatable bonds is 5. The summed E-state index contributed by atoms with van der Waals surface area (Å²) in [5.41, 5.74) is 1.96. The van der Waals surface area contributed by atoms with Crippen LogP contribution in [0.3, 0.4) is 0 Å². The molecule has 0 aromatic carbocycles. The molecule has 1 N–H and O–H groups in total. The molecule has 1 unspecified atom stereocenters. The lowest BCUT2D eigenvalue weighted by Gasteiger charge is -2.10. The lowest BCUT2D eigenvalue weighted by atomic mass is 10.2. The van der Waals surface area contributed by atoms with E-state index in [2.05, 4.69) is 5.32 Å². The van der Waals surface area contributed by atoms with E-state index in [-0.39, 0.29) is 5.91 Å². The summed E-state index contributed by atoms with van der Waals surface area (Å²) < 4.78 is 4.88. The molecule has 16 heavy (non-hydrogen) atoms. The van der Waals surface area contributed by atoms with Crippen molar-refractivity contribution in [2.75, 3.05) is 19.0 Å². The highest BCUT2D eigenvalue weighted by atomic mass is 35.5. The van der Waals surface area contributed by atoms with E-state index in [0.717, 1.165) is 16.1 Å². The van der Waals surface area contributed by atoms with Crippen LogP contribution < -0.4 is 5.32 Å². The van der Waals surface area contributed by atoms with Crippen molar-refractivity contribution in [3.05, 3.63) is 15.8 Å². The predicted octanol–water partition coefficient (Wildman–Crippen LogP) is 2.95. The Bertz CT molecular complexity index is 345. The van der Waals surface area contributed by atoms with Crippen molar-refractivity contribution < 1.29 is 9.53 Å². The van der Waals surface area contributed by atoms with Gasteiger partial charge in [-0.15, -0.1) is 22.9 Å². The average molecular weight is 262 g/mol. The Balaban J connectivity index is 2.57. The standard InChI is InChI=1S/C11H16ClNO2S/c1-7-6-16-8(2)10(7)13-11(14)9(12)4-5-15-3/h6,9H,4-5H2,1-3H3,(H,13,14). The van der Waals surface area contributed by atoms with Crippen molar-refractivity contribution in [3.8, 4) is 0 Å². The number of carbonyl (C=O) groups is 1. The van der Waals surface area contributed by atoms with Crippen molar-refractivity contribution in [1.82, 2.24) is 0 Å². The molecule has 0 aliphatic heterocycles. The van der Waals surface area contributed by atoms with E-state index in [9.17, 15) is 4.79 Å². The van der Waals surface area contributed by atoms with E-state index in [1.807, 2.05) is 19.2 Å². The molecule has 1 rings (SSSR count). The number of anilines is 1. The van der Waals surface area contributed by atoms with Gasteiger partial charge in [0.2, 0.25) is 5.91 Å². The van der Waals surface area contributed by atoms with Gasteiger partial charge in [-0.1, -0.05) is 0 Å². The van der Waals surface area contributed by atoms with Crippen LogP contribution in [0.15, 0.2) is 5.38 Å². The van der Waals surface area contributed by atoms with E-state index in [1.165, 1.54) is 0 Å². The van der Waals surface area contributed by atoms with Crippen LogP contribution in [0.25, 0.3) is 0 Å². The molecule has 0 saturated carbocycles. The minimum Gasteiger partial charge on any atom is -0.385 e.